The Labute approximate surface area is 161 Å². The Morgan fingerprint density at radius 1 is 1.15 bits per heavy atom. The molecule has 1 aliphatic rings. The fraction of sp³-hybridized carbons (Fsp3) is 0.588. The van der Waals surface area contributed by atoms with Gasteiger partial charge in [-0.05, 0) is 31.0 Å². The van der Waals surface area contributed by atoms with Crippen LogP contribution in [0.25, 0.3) is 0 Å². The van der Waals surface area contributed by atoms with Gasteiger partial charge in [-0.3, -0.25) is 4.79 Å². The number of hydrogen-bond acceptors (Lipinski definition) is 3. The zero-order valence-electron chi connectivity index (χ0n) is 14.6. The SMILES string of the molecule is O=C(CCNS(=O)(=O)c1ccc(Cl)c(C(F)(F)F)c1)NC1CCCCCC1. The van der Waals surface area contributed by atoms with E-state index in [1.165, 1.54) is 0 Å². The quantitative estimate of drug-likeness (QED) is 0.678. The van der Waals surface area contributed by atoms with E-state index in [1.807, 2.05) is 0 Å². The van der Waals surface area contributed by atoms with Gasteiger partial charge in [0.15, 0.2) is 0 Å². The highest BCUT2D eigenvalue weighted by Gasteiger charge is 2.34. The van der Waals surface area contributed by atoms with Gasteiger partial charge < -0.3 is 5.32 Å². The van der Waals surface area contributed by atoms with Crippen LogP contribution in [0.1, 0.15) is 50.5 Å². The van der Waals surface area contributed by atoms with E-state index in [4.69, 9.17) is 11.6 Å². The summed E-state index contributed by atoms with van der Waals surface area (Å²) in [4.78, 5) is 11.4. The second-order valence-corrected chi connectivity index (χ2v) is 8.72. The highest BCUT2D eigenvalue weighted by molar-refractivity contribution is 7.89. The molecule has 27 heavy (non-hydrogen) atoms. The van der Waals surface area contributed by atoms with E-state index in [0.717, 1.165) is 50.7 Å². The predicted molar refractivity (Wildman–Crippen MR) is 95.9 cm³/mol. The van der Waals surface area contributed by atoms with Gasteiger partial charge in [0.05, 0.1) is 15.5 Å². The van der Waals surface area contributed by atoms with Crippen molar-refractivity contribution in [1.82, 2.24) is 10.0 Å². The lowest BCUT2D eigenvalue weighted by atomic mass is 10.1. The standard InChI is InChI=1S/C17H22ClF3N2O3S/c18-15-8-7-13(11-14(15)17(19,20)21)27(25,26)22-10-9-16(24)23-12-5-3-1-2-4-6-12/h7-8,11-12,22H,1-6,9-10H2,(H,23,24). The Morgan fingerprint density at radius 3 is 2.37 bits per heavy atom. The van der Waals surface area contributed by atoms with Crippen molar-refractivity contribution in [3.8, 4) is 0 Å². The zero-order chi connectivity index (χ0) is 20.1. The van der Waals surface area contributed by atoms with Crippen molar-refractivity contribution < 1.29 is 26.4 Å². The van der Waals surface area contributed by atoms with E-state index in [2.05, 4.69) is 10.0 Å². The van der Waals surface area contributed by atoms with E-state index >= 15 is 0 Å². The topological polar surface area (TPSA) is 75.3 Å². The number of carbonyl (C=O) groups is 1. The van der Waals surface area contributed by atoms with E-state index in [1.54, 1.807) is 0 Å². The fourth-order valence-corrected chi connectivity index (χ4v) is 4.28. The van der Waals surface area contributed by atoms with Crippen molar-refractivity contribution in [3.05, 3.63) is 28.8 Å². The molecule has 0 bridgehead atoms. The molecule has 0 aliphatic heterocycles. The zero-order valence-corrected chi connectivity index (χ0v) is 16.2. The largest absolute Gasteiger partial charge is 0.417 e. The third-order valence-corrected chi connectivity index (χ3v) is 6.21. The summed E-state index contributed by atoms with van der Waals surface area (Å²) in [5, 5.41) is 2.30. The first kappa shape index (κ1) is 22.0. The summed E-state index contributed by atoms with van der Waals surface area (Å²) in [6.07, 6.45) is 1.35. The molecule has 1 amide bonds. The molecule has 0 aromatic heterocycles. The van der Waals surface area contributed by atoms with Crippen molar-refractivity contribution >= 4 is 27.5 Å². The first-order chi connectivity index (χ1) is 12.6. The third-order valence-electron chi connectivity index (χ3n) is 4.42. The average Bonchev–Trinajstić information content (AvgIpc) is 2.82. The molecule has 0 heterocycles. The number of alkyl halides is 3. The summed E-state index contributed by atoms with van der Waals surface area (Å²) in [5.74, 6) is -0.281. The lowest BCUT2D eigenvalue weighted by Gasteiger charge is -2.16. The number of sulfonamides is 1. The molecule has 2 rings (SSSR count). The number of hydrogen-bond donors (Lipinski definition) is 2. The van der Waals surface area contributed by atoms with Gasteiger partial charge >= 0.3 is 6.18 Å². The summed E-state index contributed by atoms with van der Waals surface area (Å²) in [6, 6.07) is 2.46. The van der Waals surface area contributed by atoms with Crippen molar-refractivity contribution in [2.24, 2.45) is 0 Å². The van der Waals surface area contributed by atoms with E-state index in [0.29, 0.717) is 6.07 Å². The van der Waals surface area contributed by atoms with Gasteiger partial charge in [-0.25, -0.2) is 13.1 Å². The Balaban J connectivity index is 1.92. The van der Waals surface area contributed by atoms with Crippen LogP contribution in [-0.2, 0) is 21.0 Å². The molecular formula is C17H22ClF3N2O3S. The molecule has 1 aliphatic carbocycles. The first-order valence-corrected chi connectivity index (χ1v) is 10.6. The fourth-order valence-electron chi connectivity index (χ4n) is 2.99. The summed E-state index contributed by atoms with van der Waals surface area (Å²) in [7, 11) is -4.18. The van der Waals surface area contributed by atoms with Gasteiger partial charge in [0, 0.05) is 19.0 Å². The summed E-state index contributed by atoms with van der Waals surface area (Å²) in [6.45, 7) is -0.204. The van der Waals surface area contributed by atoms with Crippen LogP contribution in [0.5, 0.6) is 0 Å². The molecule has 0 unspecified atom stereocenters. The van der Waals surface area contributed by atoms with Crippen molar-refractivity contribution in [2.45, 2.75) is 62.1 Å². The van der Waals surface area contributed by atoms with Crippen molar-refractivity contribution in [1.29, 1.82) is 0 Å². The summed E-state index contributed by atoms with van der Waals surface area (Å²) < 4.78 is 65.1. The number of nitrogens with one attached hydrogen (secondary N) is 2. The van der Waals surface area contributed by atoms with E-state index in [9.17, 15) is 26.4 Å². The van der Waals surface area contributed by atoms with Gasteiger partial charge in [-0.1, -0.05) is 37.3 Å². The molecule has 10 heteroatoms. The number of halogens is 4. The third kappa shape index (κ3) is 6.65. The number of carbonyl (C=O) groups excluding carboxylic acids is 1. The number of benzene rings is 1. The van der Waals surface area contributed by atoms with Crippen LogP contribution in [0.4, 0.5) is 13.2 Å². The average molecular weight is 427 g/mol. The molecule has 0 spiro atoms. The van der Waals surface area contributed by atoms with Crippen LogP contribution < -0.4 is 10.0 Å². The number of rotatable bonds is 6. The van der Waals surface area contributed by atoms with Gasteiger partial charge in [-0.15, -0.1) is 0 Å². The molecule has 0 radical (unpaired) electrons. The minimum Gasteiger partial charge on any atom is -0.353 e. The second-order valence-electron chi connectivity index (χ2n) is 6.54. The molecule has 1 fully saturated rings. The number of amides is 1. The van der Waals surface area contributed by atoms with Crippen LogP contribution in [-0.4, -0.2) is 26.9 Å². The lowest BCUT2D eigenvalue weighted by Crippen LogP contribution is -2.36. The van der Waals surface area contributed by atoms with Crippen LogP contribution >= 0.6 is 11.6 Å². The first-order valence-electron chi connectivity index (χ1n) is 8.75. The monoisotopic (exact) mass is 426 g/mol. The summed E-state index contributed by atoms with van der Waals surface area (Å²) >= 11 is 5.49. The minimum atomic E-state index is -4.76. The molecule has 1 aromatic carbocycles. The van der Waals surface area contributed by atoms with Crippen LogP contribution in [0.3, 0.4) is 0 Å². The van der Waals surface area contributed by atoms with Crippen molar-refractivity contribution in [2.75, 3.05) is 6.54 Å². The Morgan fingerprint density at radius 2 is 1.78 bits per heavy atom. The highest BCUT2D eigenvalue weighted by atomic mass is 35.5. The molecule has 2 N–H and O–H groups in total. The molecule has 5 nitrogen and oxygen atoms in total. The summed E-state index contributed by atoms with van der Waals surface area (Å²) in [5.41, 5.74) is -1.22. The van der Waals surface area contributed by atoms with Gasteiger partial charge in [-0.2, -0.15) is 13.2 Å². The Kier molecular flexibility index (Phi) is 7.53. The lowest BCUT2D eigenvalue weighted by molar-refractivity contribution is -0.137. The maximum atomic E-state index is 12.9. The van der Waals surface area contributed by atoms with Crippen LogP contribution in [0.15, 0.2) is 23.1 Å². The van der Waals surface area contributed by atoms with E-state index in [-0.39, 0.29) is 24.9 Å². The van der Waals surface area contributed by atoms with Gasteiger partial charge in [0.25, 0.3) is 0 Å². The molecule has 0 atom stereocenters. The van der Waals surface area contributed by atoms with Gasteiger partial charge in [0.1, 0.15) is 0 Å². The minimum absolute atomic E-state index is 0.0878. The molecule has 152 valence electrons. The van der Waals surface area contributed by atoms with Crippen molar-refractivity contribution in [3.63, 3.8) is 0 Å². The Hall–Kier alpha value is -1.32. The normalized spacial score (nSPS) is 16.7. The second kappa shape index (κ2) is 9.25. The molecular weight excluding hydrogens is 405 g/mol. The smallest absolute Gasteiger partial charge is 0.353 e. The van der Waals surface area contributed by atoms with Crippen LogP contribution in [0.2, 0.25) is 5.02 Å². The van der Waals surface area contributed by atoms with Gasteiger partial charge in [0.2, 0.25) is 15.9 Å². The Bertz CT molecular complexity index is 761. The van der Waals surface area contributed by atoms with E-state index < -0.39 is 31.7 Å². The molecule has 1 saturated carbocycles. The maximum absolute atomic E-state index is 12.9. The van der Waals surface area contributed by atoms with Crippen LogP contribution in [0, 0.1) is 0 Å². The maximum Gasteiger partial charge on any atom is 0.417 e. The molecule has 1 aromatic rings. The predicted octanol–water partition coefficient (Wildman–Crippen LogP) is 3.87. The molecule has 0 saturated heterocycles. The highest BCUT2D eigenvalue weighted by Crippen LogP contribution is 2.35.